The van der Waals surface area contributed by atoms with E-state index in [1.54, 1.807) is 17.7 Å². The molecule has 5 heteroatoms. The van der Waals surface area contributed by atoms with Crippen LogP contribution in [0.15, 0.2) is 29.9 Å². The van der Waals surface area contributed by atoms with E-state index in [-0.39, 0.29) is 6.04 Å². The minimum absolute atomic E-state index is 0.0177. The molecule has 1 aromatic carbocycles. The van der Waals surface area contributed by atoms with Crippen molar-refractivity contribution in [3.8, 4) is 10.6 Å². The van der Waals surface area contributed by atoms with E-state index in [1.165, 1.54) is 0 Å². The predicted molar refractivity (Wildman–Crippen MR) is 69.8 cm³/mol. The summed E-state index contributed by atoms with van der Waals surface area (Å²) in [6, 6.07) is 6.07. The number of hydrogen-bond donors (Lipinski definition) is 2. The number of benzene rings is 1. The highest BCUT2D eigenvalue weighted by Crippen LogP contribution is 2.27. The summed E-state index contributed by atoms with van der Waals surface area (Å²) >= 11 is 1.62. The van der Waals surface area contributed by atoms with Crippen LogP contribution in [-0.2, 0) is 0 Å². The van der Waals surface area contributed by atoms with Crippen LogP contribution in [0.3, 0.4) is 0 Å². The topological polar surface area (TPSA) is 67.6 Å². The number of nitrogens with one attached hydrogen (secondary N) is 1. The number of fused-ring (bicyclic) bond motifs is 1. The van der Waals surface area contributed by atoms with Gasteiger partial charge in [0.15, 0.2) is 0 Å². The van der Waals surface area contributed by atoms with Crippen molar-refractivity contribution >= 4 is 22.4 Å². The molecule has 0 aliphatic carbocycles. The largest absolute Gasteiger partial charge is 0.345 e. The molecule has 2 aromatic heterocycles. The van der Waals surface area contributed by atoms with E-state index in [0.29, 0.717) is 0 Å². The molecule has 0 bridgehead atoms. The predicted octanol–water partition coefficient (Wildman–Crippen LogP) is 2.71. The number of H-pyrrole nitrogens is 1. The Kier molecular flexibility index (Phi) is 2.42. The quantitative estimate of drug-likeness (QED) is 0.728. The fraction of sp³-hybridized carbons (Fsp3) is 0.167. The van der Waals surface area contributed by atoms with Crippen molar-refractivity contribution in [3.05, 3.63) is 35.6 Å². The van der Waals surface area contributed by atoms with Crippen molar-refractivity contribution in [2.45, 2.75) is 13.0 Å². The zero-order valence-corrected chi connectivity index (χ0v) is 10.2. The lowest BCUT2D eigenvalue weighted by Crippen LogP contribution is -2.04. The highest BCUT2D eigenvalue weighted by molar-refractivity contribution is 7.13. The second-order valence-corrected chi connectivity index (χ2v) is 4.86. The number of rotatable bonds is 2. The number of aromatic amines is 1. The van der Waals surface area contributed by atoms with Crippen molar-refractivity contribution in [1.29, 1.82) is 0 Å². The molecule has 0 aliphatic rings. The number of thiazole rings is 1. The molecule has 0 radical (unpaired) electrons. The van der Waals surface area contributed by atoms with Crippen LogP contribution in [0.2, 0.25) is 0 Å². The van der Waals surface area contributed by atoms with Gasteiger partial charge in [-0.2, -0.15) is 0 Å². The number of imidazole rings is 1. The van der Waals surface area contributed by atoms with Crippen molar-refractivity contribution in [2.75, 3.05) is 0 Å². The maximum atomic E-state index is 5.81. The Bertz CT molecular complexity index is 653. The molecule has 0 amide bonds. The molecule has 0 saturated heterocycles. The van der Waals surface area contributed by atoms with E-state index in [1.807, 2.05) is 24.4 Å². The molecule has 1 atom stereocenters. The Hall–Kier alpha value is -1.72. The summed E-state index contributed by atoms with van der Waals surface area (Å²) in [5.41, 5.74) is 9.84. The number of aromatic nitrogens is 3. The molecule has 1 unspecified atom stereocenters. The van der Waals surface area contributed by atoms with Gasteiger partial charge in [-0.1, -0.05) is 0 Å². The average molecular weight is 244 g/mol. The molecule has 3 aromatic rings. The fourth-order valence-corrected chi connectivity index (χ4v) is 2.62. The summed E-state index contributed by atoms with van der Waals surface area (Å²) in [5, 5.41) is 3.01. The smallest absolute Gasteiger partial charge is 0.123 e. The Balaban J connectivity index is 2.06. The van der Waals surface area contributed by atoms with Crippen LogP contribution in [0.1, 0.15) is 18.7 Å². The van der Waals surface area contributed by atoms with Crippen molar-refractivity contribution in [2.24, 2.45) is 5.73 Å². The Morgan fingerprint density at radius 1 is 1.41 bits per heavy atom. The second kappa shape index (κ2) is 3.94. The van der Waals surface area contributed by atoms with E-state index in [9.17, 15) is 0 Å². The number of nitrogens with two attached hydrogens (primary N) is 1. The first kappa shape index (κ1) is 10.4. The number of nitrogens with zero attached hydrogens (tertiary/aromatic N) is 2. The van der Waals surface area contributed by atoms with E-state index in [2.05, 4.69) is 21.0 Å². The normalized spacial score (nSPS) is 13.1. The van der Waals surface area contributed by atoms with E-state index in [4.69, 9.17) is 5.73 Å². The third kappa shape index (κ3) is 1.83. The van der Waals surface area contributed by atoms with E-state index >= 15 is 0 Å². The Labute approximate surface area is 103 Å². The molecule has 0 fully saturated rings. The first-order valence-electron chi connectivity index (χ1n) is 5.38. The van der Waals surface area contributed by atoms with Crippen molar-refractivity contribution in [3.63, 3.8) is 0 Å². The second-order valence-electron chi connectivity index (χ2n) is 4.00. The standard InChI is InChI=1S/C12H12N4S/c1-7(13)11-5-17-12(16-11)8-2-3-9-10(4-8)15-6-14-9/h2-7H,13H2,1H3,(H,14,15). The molecular weight excluding hydrogens is 232 g/mol. The number of hydrogen-bond acceptors (Lipinski definition) is 4. The van der Waals surface area contributed by atoms with Gasteiger partial charge < -0.3 is 10.7 Å². The minimum atomic E-state index is -0.0177. The molecular formula is C12H12N4S. The van der Waals surface area contributed by atoms with Crippen LogP contribution in [0.4, 0.5) is 0 Å². The zero-order chi connectivity index (χ0) is 11.8. The summed E-state index contributed by atoms with van der Waals surface area (Å²) in [4.78, 5) is 11.8. The van der Waals surface area contributed by atoms with Crippen molar-refractivity contribution in [1.82, 2.24) is 15.0 Å². The molecule has 3 N–H and O–H groups in total. The van der Waals surface area contributed by atoms with E-state index in [0.717, 1.165) is 27.3 Å². The van der Waals surface area contributed by atoms with Gasteiger partial charge in [0.25, 0.3) is 0 Å². The Morgan fingerprint density at radius 3 is 3.06 bits per heavy atom. The van der Waals surface area contributed by atoms with Gasteiger partial charge in [0.05, 0.1) is 23.1 Å². The average Bonchev–Trinajstić information content (AvgIpc) is 2.97. The third-order valence-corrected chi connectivity index (χ3v) is 3.57. The van der Waals surface area contributed by atoms with Gasteiger partial charge in [0.2, 0.25) is 0 Å². The van der Waals surface area contributed by atoms with Gasteiger partial charge in [-0.3, -0.25) is 0 Å². The molecule has 0 saturated carbocycles. The van der Waals surface area contributed by atoms with Gasteiger partial charge in [-0.05, 0) is 25.1 Å². The monoisotopic (exact) mass is 244 g/mol. The lowest BCUT2D eigenvalue weighted by atomic mass is 10.2. The minimum Gasteiger partial charge on any atom is -0.345 e. The SMILES string of the molecule is CC(N)c1csc(-c2ccc3nc[nH]c3c2)n1. The first-order valence-corrected chi connectivity index (χ1v) is 6.26. The molecule has 0 spiro atoms. The summed E-state index contributed by atoms with van der Waals surface area (Å²) in [7, 11) is 0. The third-order valence-electron chi connectivity index (χ3n) is 2.66. The molecule has 86 valence electrons. The maximum absolute atomic E-state index is 5.81. The zero-order valence-electron chi connectivity index (χ0n) is 9.34. The highest BCUT2D eigenvalue weighted by Gasteiger charge is 2.08. The lowest BCUT2D eigenvalue weighted by molar-refractivity contribution is 0.790. The molecule has 17 heavy (non-hydrogen) atoms. The van der Waals surface area contributed by atoms with Gasteiger partial charge >= 0.3 is 0 Å². The first-order chi connectivity index (χ1) is 8.24. The Morgan fingerprint density at radius 2 is 2.29 bits per heavy atom. The van der Waals surface area contributed by atoms with Gasteiger partial charge in [0.1, 0.15) is 5.01 Å². The fourth-order valence-electron chi connectivity index (χ4n) is 1.70. The van der Waals surface area contributed by atoms with Gasteiger partial charge in [-0.25, -0.2) is 9.97 Å². The van der Waals surface area contributed by atoms with Crippen LogP contribution in [-0.4, -0.2) is 15.0 Å². The van der Waals surface area contributed by atoms with Crippen molar-refractivity contribution < 1.29 is 0 Å². The highest BCUT2D eigenvalue weighted by atomic mass is 32.1. The molecule has 2 heterocycles. The van der Waals surface area contributed by atoms with Crippen LogP contribution in [0, 0.1) is 0 Å². The summed E-state index contributed by atoms with van der Waals surface area (Å²) < 4.78 is 0. The molecule has 0 aliphatic heterocycles. The van der Waals surface area contributed by atoms with E-state index < -0.39 is 0 Å². The van der Waals surface area contributed by atoms with Crippen LogP contribution >= 0.6 is 11.3 Å². The van der Waals surface area contributed by atoms with Gasteiger partial charge in [0, 0.05) is 17.0 Å². The molecule has 4 nitrogen and oxygen atoms in total. The van der Waals surface area contributed by atoms with Crippen LogP contribution < -0.4 is 5.73 Å². The molecule has 3 rings (SSSR count). The summed E-state index contributed by atoms with van der Waals surface area (Å²) in [5.74, 6) is 0. The summed E-state index contributed by atoms with van der Waals surface area (Å²) in [6.07, 6.45) is 1.70. The van der Waals surface area contributed by atoms with Crippen LogP contribution in [0.25, 0.3) is 21.6 Å². The lowest BCUT2D eigenvalue weighted by Gasteiger charge is -1.98. The maximum Gasteiger partial charge on any atom is 0.123 e. The van der Waals surface area contributed by atoms with Crippen LogP contribution in [0.5, 0.6) is 0 Å². The summed E-state index contributed by atoms with van der Waals surface area (Å²) in [6.45, 7) is 1.94. The van der Waals surface area contributed by atoms with Gasteiger partial charge in [-0.15, -0.1) is 11.3 Å².